The molecule has 9 rings (SSSR count). The number of rotatable bonds is 4. The Morgan fingerprint density at radius 3 is 1.74 bits per heavy atom. The maximum absolute atomic E-state index is 10.3. The maximum atomic E-state index is 10.3. The largest absolute Gasteiger partial charge is 0.309 e. The van der Waals surface area contributed by atoms with Gasteiger partial charge in [-0.1, -0.05) is 127 Å². The van der Waals surface area contributed by atoms with Gasteiger partial charge in [0.1, 0.15) is 6.07 Å². The van der Waals surface area contributed by atoms with E-state index in [4.69, 9.17) is 0 Å². The highest BCUT2D eigenvalue weighted by Crippen LogP contribution is 2.44. The molecular formula is C43H27N3. The van der Waals surface area contributed by atoms with Gasteiger partial charge in [-0.25, -0.2) is 0 Å². The van der Waals surface area contributed by atoms with E-state index >= 15 is 0 Å². The second-order valence-electron chi connectivity index (χ2n) is 11.7. The molecule has 0 amide bonds. The fourth-order valence-electron chi connectivity index (χ4n) is 7.19. The molecule has 214 valence electrons. The summed E-state index contributed by atoms with van der Waals surface area (Å²) in [5.41, 5.74) is 11.7. The van der Waals surface area contributed by atoms with Crippen molar-refractivity contribution in [2.45, 2.75) is 0 Å². The van der Waals surface area contributed by atoms with Crippen LogP contribution < -0.4 is 0 Å². The molecule has 0 radical (unpaired) electrons. The topological polar surface area (TPSA) is 33.6 Å². The highest BCUT2D eigenvalue weighted by molar-refractivity contribution is 6.19. The predicted molar refractivity (Wildman–Crippen MR) is 191 cm³/mol. The molecule has 0 N–H and O–H groups in total. The first-order valence-electron chi connectivity index (χ1n) is 15.5. The highest BCUT2D eigenvalue weighted by Gasteiger charge is 2.22. The van der Waals surface area contributed by atoms with Crippen molar-refractivity contribution >= 4 is 43.6 Å². The van der Waals surface area contributed by atoms with Crippen LogP contribution in [-0.2, 0) is 0 Å². The second kappa shape index (κ2) is 10.4. The summed E-state index contributed by atoms with van der Waals surface area (Å²) in [5, 5.41) is 15.0. The predicted octanol–water partition coefficient (Wildman–Crippen LogP) is 11.1. The van der Waals surface area contributed by atoms with E-state index < -0.39 is 0 Å². The van der Waals surface area contributed by atoms with Crippen LogP contribution in [0.2, 0.25) is 0 Å². The van der Waals surface area contributed by atoms with Gasteiger partial charge in [0.25, 0.3) is 0 Å². The van der Waals surface area contributed by atoms with Crippen LogP contribution in [0.3, 0.4) is 0 Å². The molecule has 9 aromatic rings. The molecule has 2 aromatic heterocycles. The molecule has 0 aliphatic heterocycles. The van der Waals surface area contributed by atoms with Crippen molar-refractivity contribution < 1.29 is 0 Å². The number of nitriles is 1. The Morgan fingerprint density at radius 1 is 0.413 bits per heavy atom. The zero-order chi connectivity index (χ0) is 30.6. The van der Waals surface area contributed by atoms with E-state index in [-0.39, 0.29) is 0 Å². The van der Waals surface area contributed by atoms with Crippen molar-refractivity contribution in [1.29, 1.82) is 5.26 Å². The van der Waals surface area contributed by atoms with Crippen LogP contribution in [0, 0.1) is 11.3 Å². The van der Waals surface area contributed by atoms with Gasteiger partial charge in [0.15, 0.2) is 0 Å². The molecular weight excluding hydrogens is 558 g/mol. The number of para-hydroxylation sites is 5. The normalized spacial score (nSPS) is 11.5. The van der Waals surface area contributed by atoms with E-state index in [1.165, 1.54) is 16.3 Å². The van der Waals surface area contributed by atoms with Gasteiger partial charge in [-0.3, -0.25) is 0 Å². The van der Waals surface area contributed by atoms with Crippen LogP contribution in [0.25, 0.3) is 77.2 Å². The Kier molecular flexibility index (Phi) is 5.88. The van der Waals surface area contributed by atoms with Crippen molar-refractivity contribution in [2.24, 2.45) is 0 Å². The first-order valence-corrected chi connectivity index (χ1v) is 15.5. The summed E-state index contributed by atoms with van der Waals surface area (Å²) in [6, 6.07) is 60.1. The molecule has 0 aliphatic rings. The third-order valence-corrected chi connectivity index (χ3v) is 9.16. The number of fused-ring (bicyclic) bond motifs is 6. The summed E-state index contributed by atoms with van der Waals surface area (Å²) in [4.78, 5) is 0. The number of nitrogens with zero attached hydrogens (tertiary/aromatic N) is 3. The molecule has 0 saturated carbocycles. The summed E-state index contributed by atoms with van der Waals surface area (Å²) in [6.45, 7) is 0. The van der Waals surface area contributed by atoms with Crippen molar-refractivity contribution in [1.82, 2.24) is 9.13 Å². The lowest BCUT2D eigenvalue weighted by Crippen LogP contribution is -2.00. The first-order chi connectivity index (χ1) is 22.8. The SMILES string of the molecule is N#Cc1ccccc1-n1c2cc(-c3ccccc3)ccc2c2cccc(-c3cccc4c5ccccc5n(-c5ccccc5)c34)c21. The molecule has 0 atom stereocenters. The molecule has 0 aliphatic carbocycles. The molecule has 0 spiro atoms. The van der Waals surface area contributed by atoms with Crippen LogP contribution in [0.4, 0.5) is 0 Å². The summed E-state index contributed by atoms with van der Waals surface area (Å²) >= 11 is 0. The van der Waals surface area contributed by atoms with Crippen molar-refractivity contribution in [3.05, 3.63) is 169 Å². The van der Waals surface area contributed by atoms with Gasteiger partial charge in [0.05, 0.1) is 33.3 Å². The van der Waals surface area contributed by atoms with Crippen molar-refractivity contribution in [2.75, 3.05) is 0 Å². The lowest BCUT2D eigenvalue weighted by molar-refractivity contribution is 1.16. The summed E-state index contributed by atoms with van der Waals surface area (Å²) in [6.07, 6.45) is 0. The first kappa shape index (κ1) is 26.1. The van der Waals surface area contributed by atoms with E-state index in [1.54, 1.807) is 0 Å². The molecule has 0 saturated heterocycles. The van der Waals surface area contributed by atoms with E-state index in [0.29, 0.717) is 5.56 Å². The third-order valence-electron chi connectivity index (χ3n) is 9.16. The monoisotopic (exact) mass is 585 g/mol. The van der Waals surface area contributed by atoms with E-state index in [0.717, 1.165) is 61.0 Å². The third kappa shape index (κ3) is 3.84. The Morgan fingerprint density at radius 2 is 1.00 bits per heavy atom. The zero-order valence-electron chi connectivity index (χ0n) is 24.9. The van der Waals surface area contributed by atoms with Crippen LogP contribution >= 0.6 is 0 Å². The molecule has 0 bridgehead atoms. The van der Waals surface area contributed by atoms with Crippen LogP contribution in [0.15, 0.2) is 164 Å². The average molecular weight is 586 g/mol. The second-order valence-corrected chi connectivity index (χ2v) is 11.7. The number of hydrogen-bond donors (Lipinski definition) is 0. The maximum Gasteiger partial charge on any atom is 0.101 e. The van der Waals surface area contributed by atoms with Gasteiger partial charge < -0.3 is 9.13 Å². The number of aromatic nitrogens is 2. The standard InChI is InChI=1S/C43H27N3/c44-28-31-15-7-9-23-39(31)46-41-27-30(29-13-3-1-4-14-29)25-26-34(41)36-20-12-22-38(43(36)46)37-21-11-19-35-33-18-8-10-24-40(33)45(42(35)37)32-16-5-2-6-17-32/h1-27H. The summed E-state index contributed by atoms with van der Waals surface area (Å²) < 4.78 is 4.70. The quantitative estimate of drug-likeness (QED) is 0.202. The Hall–Kier alpha value is -6.37. The molecule has 2 heterocycles. The Balaban J connectivity index is 1.45. The van der Waals surface area contributed by atoms with Crippen molar-refractivity contribution in [3.63, 3.8) is 0 Å². The average Bonchev–Trinajstić information content (AvgIpc) is 3.65. The zero-order valence-corrected chi connectivity index (χ0v) is 24.9. The van der Waals surface area contributed by atoms with Gasteiger partial charge in [0, 0.05) is 38.4 Å². The van der Waals surface area contributed by atoms with Gasteiger partial charge in [-0.15, -0.1) is 0 Å². The van der Waals surface area contributed by atoms with Crippen LogP contribution in [-0.4, -0.2) is 9.13 Å². The smallest absolute Gasteiger partial charge is 0.101 e. The molecule has 0 unspecified atom stereocenters. The molecule has 3 nitrogen and oxygen atoms in total. The van der Waals surface area contributed by atoms with Gasteiger partial charge >= 0.3 is 0 Å². The number of hydrogen-bond acceptors (Lipinski definition) is 1. The van der Waals surface area contributed by atoms with Crippen LogP contribution in [0.5, 0.6) is 0 Å². The molecule has 0 fully saturated rings. The van der Waals surface area contributed by atoms with Gasteiger partial charge in [-0.2, -0.15) is 5.26 Å². The van der Waals surface area contributed by atoms with E-state index in [2.05, 4.69) is 155 Å². The molecule has 3 heteroatoms. The Labute approximate surface area is 266 Å². The Bertz CT molecular complexity index is 2630. The van der Waals surface area contributed by atoms with Crippen molar-refractivity contribution in [3.8, 4) is 39.7 Å². The highest BCUT2D eigenvalue weighted by atomic mass is 15.0. The molecule has 7 aromatic carbocycles. The lowest BCUT2D eigenvalue weighted by atomic mass is 9.98. The minimum atomic E-state index is 0.637. The van der Waals surface area contributed by atoms with Gasteiger partial charge in [0.2, 0.25) is 0 Å². The fourth-order valence-corrected chi connectivity index (χ4v) is 7.19. The lowest BCUT2D eigenvalue weighted by Gasteiger charge is -2.15. The minimum absolute atomic E-state index is 0.637. The summed E-state index contributed by atoms with van der Waals surface area (Å²) in [5.74, 6) is 0. The summed E-state index contributed by atoms with van der Waals surface area (Å²) in [7, 11) is 0. The fraction of sp³-hybridized carbons (Fsp3) is 0. The number of benzene rings is 7. The van der Waals surface area contributed by atoms with Gasteiger partial charge in [-0.05, 0) is 47.5 Å². The van der Waals surface area contributed by atoms with Crippen LogP contribution in [0.1, 0.15) is 5.56 Å². The minimum Gasteiger partial charge on any atom is -0.309 e. The molecule has 46 heavy (non-hydrogen) atoms. The van der Waals surface area contributed by atoms with E-state index in [9.17, 15) is 5.26 Å². The van der Waals surface area contributed by atoms with E-state index in [1.807, 2.05) is 24.3 Å².